The van der Waals surface area contributed by atoms with E-state index in [1.165, 1.54) is 0 Å². The summed E-state index contributed by atoms with van der Waals surface area (Å²) in [6.07, 6.45) is 0. The summed E-state index contributed by atoms with van der Waals surface area (Å²) in [4.78, 5) is 8.63. The molecule has 0 aromatic rings. The van der Waals surface area contributed by atoms with Crippen LogP contribution in [0.4, 0.5) is 0 Å². The van der Waals surface area contributed by atoms with E-state index in [1.54, 1.807) is 0 Å². The van der Waals surface area contributed by atoms with Gasteiger partial charge in [0.2, 0.25) is 0 Å². The van der Waals surface area contributed by atoms with Gasteiger partial charge < -0.3 is 13.1 Å². The second-order valence-electron chi connectivity index (χ2n) is 1.09. The van der Waals surface area contributed by atoms with Crippen molar-refractivity contribution in [1.29, 1.82) is 0 Å². The van der Waals surface area contributed by atoms with Gasteiger partial charge in [0.25, 0.3) is 0 Å². The summed E-state index contributed by atoms with van der Waals surface area (Å²) in [5.41, 5.74) is 0. The van der Waals surface area contributed by atoms with Crippen molar-refractivity contribution in [2.75, 3.05) is 26.4 Å². The van der Waals surface area contributed by atoms with Crippen molar-refractivity contribution in [2.24, 2.45) is 0 Å². The van der Waals surface area contributed by atoms with Gasteiger partial charge in [0.1, 0.15) is 13.2 Å². The van der Waals surface area contributed by atoms with Gasteiger partial charge in [-0.1, -0.05) is 0 Å². The molecule has 0 bridgehead atoms. The van der Waals surface area contributed by atoms with Crippen LogP contribution in [0.2, 0.25) is 0 Å². The van der Waals surface area contributed by atoms with E-state index >= 15 is 0 Å². The minimum absolute atomic E-state index is 0. The molecule has 54 valence electrons. The molecule has 0 rings (SSSR count). The van der Waals surface area contributed by atoms with Crippen molar-refractivity contribution >= 4 is 48.9 Å². The summed E-state index contributed by atoms with van der Waals surface area (Å²) in [5, 5.41) is 16.2. The van der Waals surface area contributed by atoms with Crippen LogP contribution in [0.1, 0.15) is 2.85 Å². The maximum absolute atomic E-state index is 8.10. The molecule has 0 heterocycles. The molecule has 0 radical (unpaired) electrons. The van der Waals surface area contributed by atoms with Gasteiger partial charge in [-0.05, 0) is 0 Å². The SMILES string of the molecule is OCCOOCCO.[Ba+2].[H-].[H-]. The van der Waals surface area contributed by atoms with Crippen LogP contribution in [0.5, 0.6) is 0 Å². The molecule has 0 fully saturated rings. The molecule has 0 aliphatic rings. The quantitative estimate of drug-likeness (QED) is 0.281. The van der Waals surface area contributed by atoms with Gasteiger partial charge in [-0.15, -0.1) is 0 Å². The van der Waals surface area contributed by atoms with E-state index < -0.39 is 0 Å². The smallest absolute Gasteiger partial charge is 1.00 e. The predicted octanol–water partition coefficient (Wildman–Crippen LogP) is -1.24. The van der Waals surface area contributed by atoms with Gasteiger partial charge in [0.15, 0.2) is 0 Å². The summed E-state index contributed by atoms with van der Waals surface area (Å²) in [5.74, 6) is 0. The molecule has 4 nitrogen and oxygen atoms in total. The molecule has 0 aliphatic carbocycles. The predicted molar refractivity (Wildman–Crippen MR) is 34.1 cm³/mol. The fraction of sp³-hybridized carbons (Fsp3) is 1.00. The fourth-order valence-electron chi connectivity index (χ4n) is 0.192. The molecular formula is C4H12BaO4. The van der Waals surface area contributed by atoms with E-state index in [-0.39, 0.29) is 78.2 Å². The van der Waals surface area contributed by atoms with E-state index in [2.05, 4.69) is 9.78 Å². The van der Waals surface area contributed by atoms with Crippen LogP contribution in [-0.2, 0) is 9.78 Å². The van der Waals surface area contributed by atoms with Gasteiger partial charge in [-0.25, -0.2) is 9.78 Å². The Morgan fingerprint density at radius 1 is 1.00 bits per heavy atom. The largest absolute Gasteiger partial charge is 2.00 e. The molecule has 0 unspecified atom stereocenters. The van der Waals surface area contributed by atoms with E-state index in [9.17, 15) is 0 Å². The Kier molecular flexibility index (Phi) is 17.6. The van der Waals surface area contributed by atoms with Crippen LogP contribution in [0.15, 0.2) is 0 Å². The van der Waals surface area contributed by atoms with Crippen molar-refractivity contribution in [3.05, 3.63) is 0 Å². The van der Waals surface area contributed by atoms with Crippen LogP contribution >= 0.6 is 0 Å². The third-order valence-corrected chi connectivity index (χ3v) is 0.433. The van der Waals surface area contributed by atoms with Crippen LogP contribution < -0.4 is 0 Å². The molecule has 0 amide bonds. The van der Waals surface area contributed by atoms with Gasteiger partial charge in [0, 0.05) is 0 Å². The monoisotopic (exact) mass is 262 g/mol. The second-order valence-corrected chi connectivity index (χ2v) is 1.09. The molecular weight excluding hydrogens is 249 g/mol. The van der Waals surface area contributed by atoms with Gasteiger partial charge in [-0.3, -0.25) is 0 Å². The average molecular weight is 261 g/mol. The Morgan fingerprint density at radius 2 is 1.33 bits per heavy atom. The van der Waals surface area contributed by atoms with Crippen LogP contribution in [-0.4, -0.2) is 85.5 Å². The number of aliphatic hydroxyl groups is 2. The standard InChI is InChI=1S/C4H10O4.Ba.2H/c5-1-3-7-8-4-2-6;;;/h5-6H,1-4H2;;;/q;+2;2*-1. The molecule has 0 aromatic heterocycles. The molecule has 0 saturated heterocycles. The Labute approximate surface area is 97.1 Å². The van der Waals surface area contributed by atoms with Crippen LogP contribution in [0.3, 0.4) is 0 Å². The van der Waals surface area contributed by atoms with Crippen molar-refractivity contribution in [2.45, 2.75) is 0 Å². The normalized spacial score (nSPS) is 8.67. The molecule has 0 spiro atoms. The number of hydrogen-bond donors (Lipinski definition) is 2. The first-order valence-corrected chi connectivity index (χ1v) is 2.38. The minimum atomic E-state index is -0.0641. The van der Waals surface area contributed by atoms with E-state index in [0.29, 0.717) is 0 Å². The Hall–Kier alpha value is 1.41. The zero-order valence-electron chi connectivity index (χ0n) is 7.25. The number of hydrogen-bond acceptors (Lipinski definition) is 4. The first-order valence-electron chi connectivity index (χ1n) is 2.38. The maximum Gasteiger partial charge on any atom is 2.00 e. The summed E-state index contributed by atoms with van der Waals surface area (Å²) in [7, 11) is 0. The molecule has 5 heteroatoms. The van der Waals surface area contributed by atoms with Crippen molar-refractivity contribution in [3.63, 3.8) is 0 Å². The molecule has 0 saturated carbocycles. The Bertz CT molecular complexity index is 45.1. The number of aliphatic hydroxyl groups excluding tert-OH is 2. The Morgan fingerprint density at radius 3 is 1.56 bits per heavy atom. The molecule has 0 aliphatic heterocycles. The van der Waals surface area contributed by atoms with E-state index in [1.807, 2.05) is 0 Å². The zero-order chi connectivity index (χ0) is 6.24. The minimum Gasteiger partial charge on any atom is -1.00 e. The van der Waals surface area contributed by atoms with Crippen molar-refractivity contribution in [1.82, 2.24) is 0 Å². The third kappa shape index (κ3) is 12.6. The topological polar surface area (TPSA) is 58.9 Å². The summed E-state index contributed by atoms with van der Waals surface area (Å²) in [6, 6.07) is 0. The van der Waals surface area contributed by atoms with Crippen LogP contribution in [0, 0.1) is 0 Å². The first-order chi connectivity index (χ1) is 3.91. The first kappa shape index (κ1) is 13.0. The van der Waals surface area contributed by atoms with Gasteiger partial charge in [-0.2, -0.15) is 0 Å². The van der Waals surface area contributed by atoms with Crippen molar-refractivity contribution < 1.29 is 22.8 Å². The summed E-state index contributed by atoms with van der Waals surface area (Å²) >= 11 is 0. The van der Waals surface area contributed by atoms with Crippen molar-refractivity contribution in [3.8, 4) is 0 Å². The third-order valence-electron chi connectivity index (χ3n) is 0.433. The summed E-state index contributed by atoms with van der Waals surface area (Å²) < 4.78 is 0. The fourth-order valence-corrected chi connectivity index (χ4v) is 0.192. The molecule has 9 heavy (non-hydrogen) atoms. The van der Waals surface area contributed by atoms with E-state index in [4.69, 9.17) is 10.2 Å². The van der Waals surface area contributed by atoms with E-state index in [0.717, 1.165) is 0 Å². The zero-order valence-corrected chi connectivity index (χ0v) is 9.69. The molecule has 0 aromatic carbocycles. The van der Waals surface area contributed by atoms with Gasteiger partial charge >= 0.3 is 48.9 Å². The summed E-state index contributed by atoms with van der Waals surface area (Å²) in [6.45, 7) is 0.177. The number of rotatable bonds is 5. The van der Waals surface area contributed by atoms with Crippen LogP contribution in [0.25, 0.3) is 0 Å². The molecule has 0 atom stereocenters. The van der Waals surface area contributed by atoms with Gasteiger partial charge in [0.05, 0.1) is 13.2 Å². The average Bonchev–Trinajstić information content (AvgIpc) is 1.81. The second kappa shape index (κ2) is 12.1. The maximum atomic E-state index is 8.10. The Balaban J connectivity index is -0.0000000817. The molecule has 2 N–H and O–H groups in total.